The lowest BCUT2D eigenvalue weighted by Crippen LogP contribution is -2.32. The second-order valence-corrected chi connectivity index (χ2v) is 7.43. The Bertz CT molecular complexity index is 742. The number of rotatable bonds is 4. The lowest BCUT2D eigenvalue weighted by atomic mass is 10.0. The summed E-state index contributed by atoms with van der Waals surface area (Å²) < 4.78 is 0. The molecule has 1 aliphatic heterocycles. The number of carbonyl (C=O) groups is 1. The van der Waals surface area contributed by atoms with Gasteiger partial charge in [0.2, 0.25) is 5.91 Å². The van der Waals surface area contributed by atoms with Crippen LogP contribution >= 0.6 is 11.3 Å². The molecule has 7 heteroatoms. The molecule has 6 nitrogen and oxygen atoms in total. The number of anilines is 2. The summed E-state index contributed by atoms with van der Waals surface area (Å²) in [6.07, 6.45) is 0.949. The van der Waals surface area contributed by atoms with Gasteiger partial charge in [-0.2, -0.15) is 0 Å². The van der Waals surface area contributed by atoms with E-state index in [1.165, 1.54) is 0 Å². The zero-order chi connectivity index (χ0) is 17.3. The molecule has 1 fully saturated rings. The van der Waals surface area contributed by atoms with E-state index in [4.69, 9.17) is 0 Å². The number of aryl methyl sites for hydroxylation is 2. The molecule has 128 valence electrons. The van der Waals surface area contributed by atoms with Crippen LogP contribution in [0.25, 0.3) is 0 Å². The Balaban J connectivity index is 1.76. The first kappa shape index (κ1) is 16.8. The summed E-state index contributed by atoms with van der Waals surface area (Å²) in [6.45, 7) is 9.30. The van der Waals surface area contributed by atoms with Gasteiger partial charge in [0.25, 0.3) is 0 Å². The number of aromatic nitrogens is 3. The van der Waals surface area contributed by atoms with E-state index >= 15 is 0 Å². The fourth-order valence-corrected chi connectivity index (χ4v) is 3.65. The first-order valence-corrected chi connectivity index (χ1v) is 9.14. The van der Waals surface area contributed by atoms with E-state index in [-0.39, 0.29) is 17.7 Å². The van der Waals surface area contributed by atoms with Crippen molar-refractivity contribution in [2.45, 2.75) is 40.0 Å². The van der Waals surface area contributed by atoms with Crippen molar-refractivity contribution in [3.63, 3.8) is 0 Å². The normalized spacial score (nSPS) is 17.5. The predicted octanol–water partition coefficient (Wildman–Crippen LogP) is 3.27. The number of hydrogen-bond acceptors (Lipinski definition) is 6. The van der Waals surface area contributed by atoms with E-state index < -0.39 is 0 Å². The van der Waals surface area contributed by atoms with Gasteiger partial charge in [-0.15, -0.1) is 11.3 Å². The fourth-order valence-electron chi connectivity index (χ4n) is 2.95. The molecule has 24 heavy (non-hydrogen) atoms. The Morgan fingerprint density at radius 3 is 2.79 bits per heavy atom. The van der Waals surface area contributed by atoms with Crippen molar-refractivity contribution >= 4 is 28.2 Å². The van der Waals surface area contributed by atoms with Gasteiger partial charge in [-0.25, -0.2) is 15.0 Å². The summed E-state index contributed by atoms with van der Waals surface area (Å²) in [7, 11) is 0. The molecule has 0 aliphatic carbocycles. The van der Waals surface area contributed by atoms with Crippen LogP contribution < -0.4 is 5.32 Å². The Morgan fingerprint density at radius 2 is 2.12 bits per heavy atom. The zero-order valence-electron chi connectivity index (χ0n) is 14.5. The van der Waals surface area contributed by atoms with Crippen molar-refractivity contribution in [3.8, 4) is 0 Å². The standard InChI is InChI=1S/C17H23N5OS/c1-10(2)16(23)22-6-5-13(8-22)14-7-15(20-12(4)19-14)21-17-18-11(3)9-24-17/h7,9-10,13H,5-6,8H2,1-4H3,(H,18,19,20,21)/t13-/m0/s1. The Labute approximate surface area is 146 Å². The predicted molar refractivity (Wildman–Crippen MR) is 95.7 cm³/mol. The molecule has 1 amide bonds. The quantitative estimate of drug-likeness (QED) is 0.921. The lowest BCUT2D eigenvalue weighted by molar-refractivity contribution is -0.133. The van der Waals surface area contributed by atoms with Gasteiger partial charge in [-0.1, -0.05) is 13.8 Å². The molecule has 0 saturated carbocycles. The average Bonchev–Trinajstić information content (AvgIpc) is 3.15. The van der Waals surface area contributed by atoms with Crippen molar-refractivity contribution in [1.29, 1.82) is 0 Å². The number of amides is 1. The van der Waals surface area contributed by atoms with Gasteiger partial charge >= 0.3 is 0 Å². The van der Waals surface area contributed by atoms with Crippen LogP contribution in [-0.4, -0.2) is 38.8 Å². The number of carbonyl (C=O) groups excluding carboxylic acids is 1. The molecule has 3 heterocycles. The molecule has 0 spiro atoms. The van der Waals surface area contributed by atoms with Crippen LogP contribution in [0.3, 0.4) is 0 Å². The highest BCUT2D eigenvalue weighted by molar-refractivity contribution is 7.13. The minimum absolute atomic E-state index is 0.0428. The van der Waals surface area contributed by atoms with Crippen molar-refractivity contribution in [2.24, 2.45) is 5.92 Å². The highest BCUT2D eigenvalue weighted by Crippen LogP contribution is 2.29. The Morgan fingerprint density at radius 1 is 1.33 bits per heavy atom. The fraction of sp³-hybridized carbons (Fsp3) is 0.529. The summed E-state index contributed by atoms with van der Waals surface area (Å²) in [5.41, 5.74) is 1.99. The second kappa shape index (κ2) is 6.84. The third kappa shape index (κ3) is 3.72. The lowest BCUT2D eigenvalue weighted by Gasteiger charge is -2.18. The van der Waals surface area contributed by atoms with Crippen LogP contribution in [0, 0.1) is 19.8 Å². The number of likely N-dealkylation sites (tertiary alicyclic amines) is 1. The second-order valence-electron chi connectivity index (χ2n) is 6.57. The third-order valence-electron chi connectivity index (χ3n) is 4.12. The Kier molecular flexibility index (Phi) is 4.80. The number of thiazole rings is 1. The van der Waals surface area contributed by atoms with Gasteiger partial charge in [0.1, 0.15) is 11.6 Å². The first-order valence-electron chi connectivity index (χ1n) is 8.26. The molecule has 2 aromatic heterocycles. The van der Waals surface area contributed by atoms with Crippen molar-refractivity contribution < 1.29 is 4.79 Å². The highest BCUT2D eigenvalue weighted by atomic mass is 32.1. The van der Waals surface area contributed by atoms with Gasteiger partial charge < -0.3 is 10.2 Å². The van der Waals surface area contributed by atoms with Gasteiger partial charge in [-0.3, -0.25) is 4.79 Å². The van der Waals surface area contributed by atoms with Crippen LogP contribution in [-0.2, 0) is 4.79 Å². The first-order chi connectivity index (χ1) is 11.4. The maximum absolute atomic E-state index is 12.2. The number of nitrogens with one attached hydrogen (secondary N) is 1. The van der Waals surface area contributed by atoms with Crippen molar-refractivity contribution in [2.75, 3.05) is 18.4 Å². The molecule has 0 aromatic carbocycles. The summed E-state index contributed by atoms with van der Waals surface area (Å²) in [5.74, 6) is 2.03. The summed E-state index contributed by atoms with van der Waals surface area (Å²) in [6, 6.07) is 1.98. The van der Waals surface area contributed by atoms with Crippen molar-refractivity contribution in [1.82, 2.24) is 19.9 Å². The smallest absolute Gasteiger partial charge is 0.225 e. The van der Waals surface area contributed by atoms with E-state index in [1.54, 1.807) is 11.3 Å². The molecule has 1 atom stereocenters. The molecular weight excluding hydrogens is 322 g/mol. The van der Waals surface area contributed by atoms with Gasteiger partial charge in [-0.05, 0) is 20.3 Å². The number of hydrogen-bond donors (Lipinski definition) is 1. The van der Waals surface area contributed by atoms with E-state index in [2.05, 4.69) is 20.3 Å². The van der Waals surface area contributed by atoms with Gasteiger partial charge in [0.15, 0.2) is 5.13 Å². The van der Waals surface area contributed by atoms with Crippen LogP contribution in [0.2, 0.25) is 0 Å². The topological polar surface area (TPSA) is 71.0 Å². The Hall–Kier alpha value is -2.02. The van der Waals surface area contributed by atoms with Crippen LogP contribution in [0.15, 0.2) is 11.4 Å². The minimum Gasteiger partial charge on any atom is -0.342 e. The summed E-state index contributed by atoms with van der Waals surface area (Å²) in [4.78, 5) is 27.6. The zero-order valence-corrected chi connectivity index (χ0v) is 15.4. The molecule has 1 saturated heterocycles. The maximum atomic E-state index is 12.2. The summed E-state index contributed by atoms with van der Waals surface area (Å²) >= 11 is 1.56. The molecule has 0 radical (unpaired) electrons. The summed E-state index contributed by atoms with van der Waals surface area (Å²) in [5, 5.41) is 6.09. The third-order valence-corrected chi connectivity index (χ3v) is 5.00. The van der Waals surface area contributed by atoms with Crippen LogP contribution in [0.5, 0.6) is 0 Å². The molecular formula is C17H23N5OS. The van der Waals surface area contributed by atoms with Crippen molar-refractivity contribution in [3.05, 3.63) is 28.7 Å². The molecule has 0 unspecified atom stereocenters. The minimum atomic E-state index is 0.0428. The molecule has 1 N–H and O–H groups in total. The molecule has 0 bridgehead atoms. The molecule has 2 aromatic rings. The average molecular weight is 345 g/mol. The monoisotopic (exact) mass is 345 g/mol. The molecule has 3 rings (SSSR count). The number of nitrogens with zero attached hydrogens (tertiary/aromatic N) is 4. The highest BCUT2D eigenvalue weighted by Gasteiger charge is 2.29. The van der Waals surface area contributed by atoms with Crippen LogP contribution in [0.4, 0.5) is 10.9 Å². The largest absolute Gasteiger partial charge is 0.342 e. The van der Waals surface area contributed by atoms with E-state index in [0.717, 1.165) is 47.7 Å². The van der Waals surface area contributed by atoms with E-state index in [1.807, 2.05) is 44.0 Å². The molecule has 1 aliphatic rings. The SMILES string of the molecule is Cc1csc(Nc2cc([C@H]3CCN(C(=O)C(C)C)C3)nc(C)n2)n1. The van der Waals surface area contributed by atoms with Gasteiger partial charge in [0, 0.05) is 36.4 Å². The van der Waals surface area contributed by atoms with Crippen LogP contribution in [0.1, 0.15) is 43.4 Å². The maximum Gasteiger partial charge on any atom is 0.225 e. The van der Waals surface area contributed by atoms with Gasteiger partial charge in [0.05, 0.1) is 11.4 Å². The van der Waals surface area contributed by atoms with E-state index in [9.17, 15) is 4.79 Å². The van der Waals surface area contributed by atoms with E-state index in [0.29, 0.717) is 0 Å².